The highest BCUT2D eigenvalue weighted by molar-refractivity contribution is 5.96. The Morgan fingerprint density at radius 1 is 0.685 bits per heavy atom. The van der Waals surface area contributed by atoms with Crippen molar-refractivity contribution in [2.45, 2.75) is 104 Å². The predicted molar refractivity (Wildman–Crippen MR) is 328 cm³/mol. The van der Waals surface area contributed by atoms with Crippen LogP contribution in [0.1, 0.15) is 106 Å². The Balaban J connectivity index is 1.02. The van der Waals surface area contributed by atoms with Crippen LogP contribution in [-0.2, 0) is 75.2 Å². The molecular weight excluding hydrogens is 1160 g/mol. The zero-order chi connectivity index (χ0) is 64.6. The van der Waals surface area contributed by atoms with Gasteiger partial charge in [-0.25, -0.2) is 4.79 Å². The van der Waals surface area contributed by atoms with Gasteiger partial charge in [-0.1, -0.05) is 75.7 Å². The standard InChI is InChI=1S/C62H84N10O17/c1-6-8-32-87-62-71-57(63)56(68-41-73)58(72-62)67-38-44-16-20-46(21-17-44)59(79)65-29-13-31-84-34-36-85-35-33-83-30-12-28-64-50(74)25-27-54(78)89-48-23-18-43(37-49(48)82-5)19-24-51(75)66-39-52(76)70-55(42(3)4)60(80)69-47(22-26-53(77)86-7-2)61(81)88-40-45-14-10-9-11-15-45/h9-11,14-21,23-24,37,41-42,47,55H,6-8,12-13,22,25-36,38-40H2,1-5H3,(H,64,74)(H,65,79)(H,66,75)(H,68,73)(H,69,80)(H,70,76)(H3,63,67,71,72)/b24-19+/t47-,55+/m1/s1. The molecule has 0 fully saturated rings. The number of rotatable bonds is 44. The van der Waals surface area contributed by atoms with Gasteiger partial charge in [0.1, 0.15) is 24.4 Å². The Morgan fingerprint density at radius 3 is 2.04 bits per heavy atom. The molecule has 0 saturated carbocycles. The molecule has 1 heterocycles. The number of nitrogens with two attached hydrogens (primary N) is 1. The summed E-state index contributed by atoms with van der Waals surface area (Å²) in [6, 6.07) is 18.3. The summed E-state index contributed by atoms with van der Waals surface area (Å²) in [5.41, 5.74) is 8.82. The quantitative estimate of drug-likeness (QED) is 0.0100. The second kappa shape index (κ2) is 41.8. The van der Waals surface area contributed by atoms with Gasteiger partial charge in [0.25, 0.3) is 5.91 Å². The second-order valence-corrected chi connectivity index (χ2v) is 20.0. The molecule has 0 bridgehead atoms. The Hall–Kier alpha value is -9.21. The van der Waals surface area contributed by atoms with Gasteiger partial charge in [-0.15, -0.1) is 0 Å². The van der Waals surface area contributed by atoms with E-state index in [1.165, 1.54) is 31.4 Å². The molecule has 6 amide bonds. The molecule has 4 aromatic rings. The number of ether oxygens (including phenoxy) is 8. The van der Waals surface area contributed by atoms with Crippen molar-refractivity contribution in [3.05, 3.63) is 101 Å². The van der Waals surface area contributed by atoms with Crippen LogP contribution in [0.25, 0.3) is 6.08 Å². The average molecular weight is 1240 g/mol. The Kier molecular flexibility index (Phi) is 33.9. The number of nitrogens with one attached hydrogen (secondary N) is 7. The molecule has 4 rings (SSSR count). The molecule has 9 N–H and O–H groups in total. The fourth-order valence-electron chi connectivity index (χ4n) is 7.88. The summed E-state index contributed by atoms with van der Waals surface area (Å²) in [5.74, 6) is -4.38. The Labute approximate surface area is 518 Å². The van der Waals surface area contributed by atoms with Crippen molar-refractivity contribution in [2.24, 2.45) is 5.92 Å². The molecule has 27 heteroatoms. The number of carbonyl (C=O) groups excluding carboxylic acids is 9. The number of nitrogens with zero attached hydrogens (tertiary/aromatic N) is 2. The lowest BCUT2D eigenvalue weighted by atomic mass is 10.0. The van der Waals surface area contributed by atoms with Crippen molar-refractivity contribution in [2.75, 3.05) is 96.0 Å². The van der Waals surface area contributed by atoms with Crippen LogP contribution in [0.5, 0.6) is 17.5 Å². The molecule has 2 atom stereocenters. The minimum absolute atomic E-state index is 0.0601. The summed E-state index contributed by atoms with van der Waals surface area (Å²) in [5, 5.41) is 18.9. The third-order valence-corrected chi connectivity index (χ3v) is 12.7. The van der Waals surface area contributed by atoms with Crippen LogP contribution in [0, 0.1) is 5.92 Å². The molecule has 0 spiro atoms. The smallest absolute Gasteiger partial charge is 0.328 e. The van der Waals surface area contributed by atoms with Crippen molar-refractivity contribution in [3.8, 4) is 17.5 Å². The maximum atomic E-state index is 13.4. The molecule has 484 valence electrons. The first-order valence-corrected chi connectivity index (χ1v) is 29.5. The van der Waals surface area contributed by atoms with E-state index >= 15 is 0 Å². The van der Waals surface area contributed by atoms with Gasteiger partial charge >= 0.3 is 23.9 Å². The molecule has 0 saturated heterocycles. The van der Waals surface area contributed by atoms with Gasteiger partial charge in [-0.2, -0.15) is 9.97 Å². The van der Waals surface area contributed by atoms with E-state index in [1.807, 2.05) is 13.0 Å². The summed E-state index contributed by atoms with van der Waals surface area (Å²) in [7, 11) is 1.37. The minimum atomic E-state index is -1.22. The monoisotopic (exact) mass is 1240 g/mol. The first-order valence-electron chi connectivity index (χ1n) is 29.5. The molecule has 0 radical (unpaired) electrons. The van der Waals surface area contributed by atoms with Crippen LogP contribution in [-0.4, -0.2) is 156 Å². The molecular formula is C62H84N10O17. The maximum absolute atomic E-state index is 13.4. The maximum Gasteiger partial charge on any atom is 0.328 e. The van der Waals surface area contributed by atoms with Crippen molar-refractivity contribution in [1.29, 1.82) is 0 Å². The van der Waals surface area contributed by atoms with Gasteiger partial charge in [-0.3, -0.25) is 38.4 Å². The highest BCUT2D eigenvalue weighted by atomic mass is 16.6. The summed E-state index contributed by atoms with van der Waals surface area (Å²) in [4.78, 5) is 122. The number of esters is 3. The number of hydrogen-bond donors (Lipinski definition) is 8. The second-order valence-electron chi connectivity index (χ2n) is 20.0. The number of nitrogen functional groups attached to an aromatic ring is 1. The van der Waals surface area contributed by atoms with Crippen LogP contribution >= 0.6 is 0 Å². The van der Waals surface area contributed by atoms with Gasteiger partial charge < -0.3 is 80.8 Å². The van der Waals surface area contributed by atoms with E-state index in [1.54, 1.807) is 75.4 Å². The predicted octanol–water partition coefficient (Wildman–Crippen LogP) is 4.33. The zero-order valence-electron chi connectivity index (χ0n) is 51.2. The molecule has 0 aliphatic rings. The van der Waals surface area contributed by atoms with Gasteiger partial charge in [0.15, 0.2) is 23.1 Å². The van der Waals surface area contributed by atoms with Crippen LogP contribution in [0.4, 0.5) is 17.3 Å². The van der Waals surface area contributed by atoms with Gasteiger partial charge in [-0.05, 0) is 85.6 Å². The van der Waals surface area contributed by atoms with Crippen molar-refractivity contribution < 1.29 is 81.0 Å². The Bertz CT molecular complexity index is 2910. The third-order valence-electron chi connectivity index (χ3n) is 12.7. The fourth-order valence-corrected chi connectivity index (χ4v) is 7.88. The first-order chi connectivity index (χ1) is 43.0. The van der Waals surface area contributed by atoms with E-state index in [-0.39, 0.29) is 79.7 Å². The Morgan fingerprint density at radius 2 is 1.38 bits per heavy atom. The van der Waals surface area contributed by atoms with Crippen LogP contribution in [0.3, 0.4) is 0 Å². The SMILES string of the molecule is CCCCOc1nc(N)c(NC=O)c(NCc2ccc(C(=O)NCCCOCCOCCOCCCNC(=O)CCC(=O)Oc3ccc(/C=C/C(=O)NCC(=O)N[C@H](C(=O)N[C@H](CCC(=O)OCC)C(=O)OCc4ccccc4)C(C)C)cc3OC)cc2)n1. The van der Waals surface area contributed by atoms with E-state index in [0.29, 0.717) is 102 Å². The number of unbranched alkanes of at least 4 members (excludes halogenated alkanes) is 1. The van der Waals surface area contributed by atoms with E-state index in [9.17, 15) is 43.2 Å². The average Bonchev–Trinajstić information content (AvgIpc) is 3.66. The third kappa shape index (κ3) is 28.9. The largest absolute Gasteiger partial charge is 0.493 e. The van der Waals surface area contributed by atoms with Crippen LogP contribution in [0.15, 0.2) is 78.9 Å². The highest BCUT2D eigenvalue weighted by Gasteiger charge is 2.30. The molecule has 0 unspecified atom stereocenters. The molecule has 89 heavy (non-hydrogen) atoms. The highest BCUT2D eigenvalue weighted by Crippen LogP contribution is 2.30. The number of aromatic nitrogens is 2. The van der Waals surface area contributed by atoms with Crippen LogP contribution < -0.4 is 57.2 Å². The first kappa shape index (κ1) is 72.3. The number of hydrogen-bond acceptors (Lipinski definition) is 21. The number of methoxy groups -OCH3 is 1. The molecule has 0 aliphatic carbocycles. The van der Waals surface area contributed by atoms with E-state index in [2.05, 4.69) is 47.2 Å². The molecule has 1 aromatic heterocycles. The lowest BCUT2D eigenvalue weighted by Gasteiger charge is -2.25. The summed E-state index contributed by atoms with van der Waals surface area (Å²) in [6.45, 7) is 10.4. The zero-order valence-corrected chi connectivity index (χ0v) is 51.2. The van der Waals surface area contributed by atoms with Crippen molar-refractivity contribution in [3.63, 3.8) is 0 Å². The van der Waals surface area contributed by atoms with Crippen molar-refractivity contribution >= 4 is 77.3 Å². The molecule has 27 nitrogen and oxygen atoms in total. The van der Waals surface area contributed by atoms with Crippen molar-refractivity contribution in [1.82, 2.24) is 36.6 Å². The van der Waals surface area contributed by atoms with Gasteiger partial charge in [0.2, 0.25) is 30.0 Å². The number of anilines is 3. The summed E-state index contributed by atoms with van der Waals surface area (Å²) < 4.78 is 43.5. The van der Waals surface area contributed by atoms with E-state index < -0.39 is 60.2 Å². The molecule has 0 aliphatic heterocycles. The summed E-state index contributed by atoms with van der Waals surface area (Å²) >= 11 is 0. The van der Waals surface area contributed by atoms with Gasteiger partial charge in [0.05, 0.1) is 59.7 Å². The normalized spacial score (nSPS) is 11.6. The minimum Gasteiger partial charge on any atom is -0.493 e. The number of carbonyl (C=O) groups is 9. The lowest BCUT2D eigenvalue weighted by molar-refractivity contribution is -0.150. The molecule has 3 aromatic carbocycles. The van der Waals surface area contributed by atoms with E-state index in [4.69, 9.17) is 43.6 Å². The topological polar surface area (TPSA) is 363 Å². The van der Waals surface area contributed by atoms with E-state index in [0.717, 1.165) is 24.0 Å². The summed E-state index contributed by atoms with van der Waals surface area (Å²) in [6.07, 6.45) is 5.41. The fraction of sp³-hybridized carbons (Fsp3) is 0.468. The lowest BCUT2D eigenvalue weighted by Crippen LogP contribution is -2.55. The van der Waals surface area contributed by atoms with Crippen LogP contribution in [0.2, 0.25) is 0 Å². The van der Waals surface area contributed by atoms with Gasteiger partial charge in [0, 0.05) is 57.3 Å². The number of benzene rings is 3. The number of amides is 6.